The first-order valence-corrected chi connectivity index (χ1v) is 8.80. The van der Waals surface area contributed by atoms with Gasteiger partial charge in [-0.1, -0.05) is 11.2 Å². The molecule has 2 heterocycles. The minimum atomic E-state index is -4.73. The van der Waals surface area contributed by atoms with Gasteiger partial charge in [-0.25, -0.2) is 9.78 Å². The van der Waals surface area contributed by atoms with Gasteiger partial charge in [0.1, 0.15) is 12.4 Å². The zero-order valence-electron chi connectivity index (χ0n) is 16.3. The molecule has 0 radical (unpaired) electrons. The molecule has 0 unspecified atom stereocenters. The number of aryl methyl sites for hydroxylation is 1. The predicted molar refractivity (Wildman–Crippen MR) is 102 cm³/mol. The average molecular weight is 435 g/mol. The summed E-state index contributed by atoms with van der Waals surface area (Å²) in [6, 6.07) is 7.65. The minimum absolute atomic E-state index is 0.0562. The lowest BCUT2D eigenvalue weighted by molar-refractivity contribution is -0.159. The van der Waals surface area contributed by atoms with E-state index >= 15 is 0 Å². The van der Waals surface area contributed by atoms with Gasteiger partial charge in [0.05, 0.1) is 0 Å². The third-order valence-electron chi connectivity index (χ3n) is 3.89. The molecule has 3 aromatic rings. The second-order valence-corrected chi connectivity index (χ2v) is 6.38. The first-order valence-electron chi connectivity index (χ1n) is 8.80. The second-order valence-electron chi connectivity index (χ2n) is 6.38. The van der Waals surface area contributed by atoms with Crippen molar-refractivity contribution in [2.75, 3.05) is 10.6 Å². The molecule has 0 saturated heterocycles. The summed E-state index contributed by atoms with van der Waals surface area (Å²) in [4.78, 5) is 30.4. The van der Waals surface area contributed by atoms with E-state index in [1.165, 1.54) is 31.3 Å². The van der Waals surface area contributed by atoms with Crippen LogP contribution in [0.1, 0.15) is 23.9 Å². The molecule has 2 amide bonds. The van der Waals surface area contributed by atoms with E-state index in [1.807, 2.05) is 0 Å². The van der Waals surface area contributed by atoms with Crippen LogP contribution < -0.4 is 10.6 Å². The van der Waals surface area contributed by atoms with Crippen LogP contribution in [-0.2, 0) is 22.3 Å². The van der Waals surface area contributed by atoms with Crippen LogP contribution in [0, 0.1) is 6.92 Å². The van der Waals surface area contributed by atoms with Crippen LogP contribution in [-0.4, -0.2) is 27.1 Å². The summed E-state index contributed by atoms with van der Waals surface area (Å²) in [5.41, 5.74) is 1.84. The number of halogens is 3. The number of hydrogen-bond donors (Lipinski definition) is 2. The number of hydrogen-bond acceptors (Lipinski definition) is 7. The van der Waals surface area contributed by atoms with Gasteiger partial charge in [-0.2, -0.15) is 18.2 Å². The Bertz CT molecular complexity index is 1100. The van der Waals surface area contributed by atoms with E-state index in [-0.39, 0.29) is 18.3 Å². The van der Waals surface area contributed by atoms with Crippen LogP contribution in [0.4, 0.5) is 29.5 Å². The summed E-state index contributed by atoms with van der Waals surface area (Å²) < 4.78 is 47.1. The third-order valence-corrected chi connectivity index (χ3v) is 3.89. The van der Waals surface area contributed by atoms with Crippen LogP contribution in [0.15, 0.2) is 41.1 Å². The molecule has 9 nitrogen and oxygen atoms in total. The molecule has 2 aromatic heterocycles. The highest BCUT2D eigenvalue weighted by Crippen LogP contribution is 2.30. The number of carbonyl (C=O) groups is 2. The first kappa shape index (κ1) is 21.7. The highest BCUT2D eigenvalue weighted by molar-refractivity contribution is 5.87. The molecule has 0 saturated carbocycles. The first-order chi connectivity index (χ1) is 14.6. The van der Waals surface area contributed by atoms with Gasteiger partial charge in [0.2, 0.25) is 11.7 Å². The number of nitrogens with zero attached hydrogens (tertiary/aromatic N) is 3. The lowest BCUT2D eigenvalue weighted by Gasteiger charge is -2.10. The number of ether oxygens (including phenoxy) is 1. The Kier molecular flexibility index (Phi) is 6.18. The van der Waals surface area contributed by atoms with Gasteiger partial charge in [-0.05, 0) is 36.8 Å². The van der Waals surface area contributed by atoms with Crippen molar-refractivity contribution in [3.8, 4) is 11.4 Å². The highest BCUT2D eigenvalue weighted by Gasteiger charge is 2.38. The molecular weight excluding hydrogens is 419 g/mol. The van der Waals surface area contributed by atoms with Crippen molar-refractivity contribution in [3.05, 3.63) is 53.5 Å². The lowest BCUT2D eigenvalue weighted by atomic mass is 10.1. The number of amides is 2. The summed E-state index contributed by atoms with van der Waals surface area (Å²) in [7, 11) is 0. The van der Waals surface area contributed by atoms with E-state index in [4.69, 9.17) is 4.74 Å². The number of nitrogens with one attached hydrogen (secondary N) is 2. The molecule has 2 N–H and O–H groups in total. The van der Waals surface area contributed by atoms with Crippen molar-refractivity contribution in [2.24, 2.45) is 0 Å². The van der Waals surface area contributed by atoms with Gasteiger partial charge < -0.3 is 14.6 Å². The maximum Gasteiger partial charge on any atom is 0.471 e. The Labute approximate surface area is 173 Å². The Hall–Kier alpha value is -3.96. The van der Waals surface area contributed by atoms with Crippen molar-refractivity contribution in [3.63, 3.8) is 0 Å². The second kappa shape index (κ2) is 8.81. The molecule has 3 rings (SSSR count). The fraction of sp³-hybridized carbons (Fsp3) is 0.211. The fourth-order valence-electron chi connectivity index (χ4n) is 2.46. The molecule has 0 spiro atoms. The Morgan fingerprint density at radius 2 is 1.94 bits per heavy atom. The quantitative estimate of drug-likeness (QED) is 0.617. The summed E-state index contributed by atoms with van der Waals surface area (Å²) in [5.74, 6) is -1.54. The van der Waals surface area contributed by atoms with E-state index in [1.54, 1.807) is 19.1 Å². The topological polar surface area (TPSA) is 119 Å². The standard InChI is InChI=1S/C19H16F3N5O4/c1-10-7-13(16-26-17(31-27-16)19(20,21)22)4-5-14(10)25-18(29)30-9-12-3-6-15(23-8-12)24-11(2)28/h3-8H,9H2,1-2H3,(H,25,29)(H,23,24,28). The zero-order chi connectivity index (χ0) is 22.6. The number of pyridine rings is 1. The van der Waals surface area contributed by atoms with Gasteiger partial charge in [-0.3, -0.25) is 10.1 Å². The maximum atomic E-state index is 12.6. The molecule has 0 aliphatic carbocycles. The molecule has 0 aliphatic rings. The molecule has 0 fully saturated rings. The van der Waals surface area contributed by atoms with Crippen LogP contribution in [0.3, 0.4) is 0 Å². The molecule has 31 heavy (non-hydrogen) atoms. The normalized spacial score (nSPS) is 11.1. The Morgan fingerprint density at radius 1 is 1.16 bits per heavy atom. The molecule has 162 valence electrons. The van der Waals surface area contributed by atoms with Crippen molar-refractivity contribution < 1.29 is 32.0 Å². The van der Waals surface area contributed by atoms with Gasteiger partial charge in [0.25, 0.3) is 0 Å². The van der Waals surface area contributed by atoms with E-state index < -0.39 is 18.2 Å². The number of aromatic nitrogens is 3. The summed E-state index contributed by atoms with van der Waals surface area (Å²) in [5, 5.41) is 8.39. The monoisotopic (exact) mass is 435 g/mol. The fourth-order valence-corrected chi connectivity index (χ4v) is 2.46. The van der Waals surface area contributed by atoms with Crippen LogP contribution in [0.25, 0.3) is 11.4 Å². The molecule has 12 heteroatoms. The van der Waals surface area contributed by atoms with E-state index in [9.17, 15) is 22.8 Å². The number of carbonyl (C=O) groups excluding carboxylic acids is 2. The minimum Gasteiger partial charge on any atom is -0.444 e. The van der Waals surface area contributed by atoms with Crippen molar-refractivity contribution in [2.45, 2.75) is 26.6 Å². The Morgan fingerprint density at radius 3 is 2.52 bits per heavy atom. The van der Waals surface area contributed by atoms with Crippen LogP contribution >= 0.6 is 0 Å². The summed E-state index contributed by atoms with van der Waals surface area (Å²) >= 11 is 0. The molecular formula is C19H16F3N5O4. The van der Waals surface area contributed by atoms with Gasteiger partial charge in [-0.15, -0.1) is 0 Å². The SMILES string of the molecule is CC(=O)Nc1ccc(COC(=O)Nc2ccc(-c3noc(C(F)(F)F)n3)cc2C)cn1. The number of alkyl halides is 3. The number of anilines is 2. The highest BCUT2D eigenvalue weighted by atomic mass is 19.4. The maximum absolute atomic E-state index is 12.6. The van der Waals surface area contributed by atoms with Gasteiger partial charge in [0.15, 0.2) is 0 Å². The van der Waals surface area contributed by atoms with Gasteiger partial charge in [0, 0.05) is 29.9 Å². The van der Waals surface area contributed by atoms with Gasteiger partial charge >= 0.3 is 18.2 Å². The molecule has 1 aromatic carbocycles. The van der Waals surface area contributed by atoms with Crippen LogP contribution in [0.2, 0.25) is 0 Å². The largest absolute Gasteiger partial charge is 0.471 e. The smallest absolute Gasteiger partial charge is 0.444 e. The summed E-state index contributed by atoms with van der Waals surface area (Å²) in [6.45, 7) is 2.95. The van der Waals surface area contributed by atoms with Crippen LogP contribution in [0.5, 0.6) is 0 Å². The molecule has 0 atom stereocenters. The average Bonchev–Trinajstić information content (AvgIpc) is 3.19. The number of rotatable bonds is 5. The van der Waals surface area contributed by atoms with E-state index in [2.05, 4.69) is 30.3 Å². The van der Waals surface area contributed by atoms with Crippen molar-refractivity contribution in [1.82, 2.24) is 15.1 Å². The Balaban J connectivity index is 1.59. The summed E-state index contributed by atoms with van der Waals surface area (Å²) in [6.07, 6.45) is -4.01. The lowest BCUT2D eigenvalue weighted by Crippen LogP contribution is -2.14. The molecule has 0 bridgehead atoms. The van der Waals surface area contributed by atoms with E-state index in [0.717, 1.165) is 0 Å². The predicted octanol–water partition coefficient (Wildman–Crippen LogP) is 4.17. The van der Waals surface area contributed by atoms with Crippen molar-refractivity contribution >= 4 is 23.5 Å². The third kappa shape index (κ3) is 5.78. The zero-order valence-corrected chi connectivity index (χ0v) is 16.3. The number of benzene rings is 1. The van der Waals surface area contributed by atoms with Crippen molar-refractivity contribution in [1.29, 1.82) is 0 Å². The molecule has 0 aliphatic heterocycles. The van der Waals surface area contributed by atoms with E-state index in [0.29, 0.717) is 28.2 Å².